The molecule has 3 aromatic rings. The minimum Gasteiger partial charge on any atom is -0.496 e. The molecule has 0 radical (unpaired) electrons. The molecule has 8 nitrogen and oxygen atoms in total. The molecular weight excluding hydrogens is 450 g/mol. The maximum atomic E-state index is 13.4. The lowest BCUT2D eigenvalue weighted by Gasteiger charge is -2.29. The Hall–Kier alpha value is -3.33. The number of carbonyl (C=O) groups is 1. The Morgan fingerprint density at radius 3 is 2.67 bits per heavy atom. The molecule has 1 aliphatic rings. The van der Waals surface area contributed by atoms with Gasteiger partial charge in [-0.1, -0.05) is 18.2 Å². The van der Waals surface area contributed by atoms with Gasteiger partial charge in [0.2, 0.25) is 5.95 Å². The number of rotatable bonds is 5. The minimum atomic E-state index is -0.472. The van der Waals surface area contributed by atoms with Gasteiger partial charge in [0, 0.05) is 5.70 Å². The Kier molecular flexibility index (Phi) is 5.45. The van der Waals surface area contributed by atoms with Crippen LogP contribution in [0, 0.1) is 0 Å². The average Bonchev–Trinajstić information content (AvgIpc) is 3.21. The molecule has 0 aliphatic carbocycles. The van der Waals surface area contributed by atoms with E-state index in [-0.39, 0.29) is 5.91 Å². The molecule has 1 aliphatic heterocycles. The van der Waals surface area contributed by atoms with E-state index in [1.54, 1.807) is 31.0 Å². The van der Waals surface area contributed by atoms with Crippen molar-refractivity contribution in [2.45, 2.75) is 13.0 Å². The fourth-order valence-corrected chi connectivity index (χ4v) is 4.04. The SMILES string of the molecule is COc1ccc(C2C(C(=O)Nc3ccccc3OC)=C(C)Nc3ncnn32)cc1Br. The molecule has 154 valence electrons. The maximum absolute atomic E-state index is 13.4. The largest absolute Gasteiger partial charge is 0.496 e. The van der Waals surface area contributed by atoms with E-state index in [0.717, 1.165) is 10.0 Å². The molecule has 9 heteroatoms. The van der Waals surface area contributed by atoms with Gasteiger partial charge >= 0.3 is 0 Å². The molecule has 0 fully saturated rings. The van der Waals surface area contributed by atoms with Crippen molar-refractivity contribution in [3.05, 3.63) is 70.1 Å². The number of nitrogens with zero attached hydrogens (tertiary/aromatic N) is 3. The van der Waals surface area contributed by atoms with Crippen molar-refractivity contribution < 1.29 is 14.3 Å². The van der Waals surface area contributed by atoms with Gasteiger partial charge in [-0.05, 0) is 52.7 Å². The van der Waals surface area contributed by atoms with Gasteiger partial charge in [-0.3, -0.25) is 4.79 Å². The average molecular weight is 470 g/mol. The molecule has 2 aromatic carbocycles. The highest BCUT2D eigenvalue weighted by Gasteiger charge is 2.34. The van der Waals surface area contributed by atoms with E-state index in [2.05, 4.69) is 36.6 Å². The van der Waals surface area contributed by atoms with Gasteiger partial charge in [0.1, 0.15) is 23.9 Å². The van der Waals surface area contributed by atoms with Gasteiger partial charge < -0.3 is 20.1 Å². The topological polar surface area (TPSA) is 90.3 Å². The fourth-order valence-electron chi connectivity index (χ4n) is 3.48. The number of methoxy groups -OCH3 is 2. The molecule has 4 rings (SSSR count). The monoisotopic (exact) mass is 469 g/mol. The summed E-state index contributed by atoms with van der Waals surface area (Å²) >= 11 is 3.53. The second-order valence-corrected chi connectivity index (χ2v) is 7.50. The van der Waals surface area contributed by atoms with Crippen LogP contribution in [0.25, 0.3) is 0 Å². The van der Waals surface area contributed by atoms with E-state index >= 15 is 0 Å². The van der Waals surface area contributed by atoms with E-state index in [9.17, 15) is 4.79 Å². The van der Waals surface area contributed by atoms with Crippen molar-refractivity contribution in [3.8, 4) is 11.5 Å². The first kappa shape index (κ1) is 20.0. The normalized spacial score (nSPS) is 15.3. The summed E-state index contributed by atoms with van der Waals surface area (Å²) in [4.78, 5) is 17.7. The number of allylic oxidation sites excluding steroid dienone is 1. The third-order valence-corrected chi connectivity index (χ3v) is 5.51. The minimum absolute atomic E-state index is 0.261. The van der Waals surface area contributed by atoms with Crippen LogP contribution in [0.3, 0.4) is 0 Å². The van der Waals surface area contributed by atoms with Gasteiger partial charge in [-0.2, -0.15) is 10.1 Å². The van der Waals surface area contributed by atoms with E-state index in [1.807, 2.05) is 37.3 Å². The zero-order valence-corrected chi connectivity index (χ0v) is 18.2. The van der Waals surface area contributed by atoms with Gasteiger partial charge in [-0.15, -0.1) is 0 Å². The predicted molar refractivity (Wildman–Crippen MR) is 117 cm³/mol. The van der Waals surface area contributed by atoms with E-state index in [4.69, 9.17) is 9.47 Å². The number of fused-ring (bicyclic) bond motifs is 1. The molecule has 2 N–H and O–H groups in total. The first-order valence-corrected chi connectivity index (χ1v) is 9.98. The van der Waals surface area contributed by atoms with Crippen molar-refractivity contribution in [1.29, 1.82) is 0 Å². The first-order valence-electron chi connectivity index (χ1n) is 9.18. The highest BCUT2D eigenvalue weighted by molar-refractivity contribution is 9.10. The summed E-state index contributed by atoms with van der Waals surface area (Å²) in [6, 6.07) is 12.5. The summed E-state index contributed by atoms with van der Waals surface area (Å²) in [5.74, 6) is 1.59. The zero-order valence-electron chi connectivity index (χ0n) is 16.6. The number of hydrogen-bond donors (Lipinski definition) is 2. The first-order chi connectivity index (χ1) is 14.5. The number of benzene rings is 2. The molecule has 2 heterocycles. The molecule has 0 saturated heterocycles. The zero-order chi connectivity index (χ0) is 21.3. The number of para-hydroxylation sites is 2. The van der Waals surface area contributed by atoms with Gasteiger partial charge in [0.15, 0.2) is 0 Å². The third kappa shape index (κ3) is 3.52. The summed E-state index contributed by atoms with van der Waals surface area (Å²) in [6.07, 6.45) is 1.46. The number of nitrogens with one attached hydrogen (secondary N) is 2. The van der Waals surface area contributed by atoms with Gasteiger partial charge in [0.25, 0.3) is 5.91 Å². The lowest BCUT2D eigenvalue weighted by atomic mass is 9.95. The summed E-state index contributed by atoms with van der Waals surface area (Å²) in [5.41, 5.74) is 2.67. The Bertz CT molecular complexity index is 1140. The van der Waals surface area contributed by atoms with Crippen molar-refractivity contribution in [3.63, 3.8) is 0 Å². The molecule has 1 atom stereocenters. The summed E-state index contributed by atoms with van der Waals surface area (Å²) < 4.78 is 13.2. The number of ether oxygens (including phenoxy) is 2. The predicted octanol–water partition coefficient (Wildman–Crippen LogP) is 3.99. The molecule has 30 heavy (non-hydrogen) atoms. The number of hydrogen-bond acceptors (Lipinski definition) is 6. The van der Waals surface area contributed by atoms with Crippen molar-refractivity contribution in [2.24, 2.45) is 0 Å². The van der Waals surface area contributed by atoms with Crippen LogP contribution < -0.4 is 20.1 Å². The lowest BCUT2D eigenvalue weighted by molar-refractivity contribution is -0.113. The number of amides is 1. The molecule has 1 unspecified atom stereocenters. The van der Waals surface area contributed by atoms with Crippen molar-refractivity contribution >= 4 is 33.5 Å². The smallest absolute Gasteiger partial charge is 0.255 e. The maximum Gasteiger partial charge on any atom is 0.255 e. The van der Waals surface area contributed by atoms with Crippen LogP contribution in [-0.4, -0.2) is 34.9 Å². The number of carbonyl (C=O) groups excluding carboxylic acids is 1. The summed E-state index contributed by atoms with van der Waals surface area (Å²) in [5, 5.41) is 10.5. The quantitative estimate of drug-likeness (QED) is 0.587. The summed E-state index contributed by atoms with van der Waals surface area (Å²) in [7, 11) is 3.17. The van der Waals surface area contributed by atoms with Gasteiger partial charge in [0.05, 0.1) is 30.0 Å². The Morgan fingerprint density at radius 2 is 1.93 bits per heavy atom. The van der Waals surface area contributed by atoms with E-state index in [0.29, 0.717) is 34.4 Å². The van der Waals surface area contributed by atoms with Crippen LogP contribution in [0.5, 0.6) is 11.5 Å². The van der Waals surface area contributed by atoms with Crippen LogP contribution in [0.4, 0.5) is 11.6 Å². The fraction of sp³-hybridized carbons (Fsp3) is 0.190. The summed E-state index contributed by atoms with van der Waals surface area (Å²) in [6.45, 7) is 1.85. The van der Waals surface area contributed by atoms with Crippen LogP contribution in [-0.2, 0) is 4.79 Å². The lowest BCUT2D eigenvalue weighted by Crippen LogP contribution is -2.31. The standard InChI is InChI=1S/C21H20BrN5O3/c1-12-18(20(28)26-15-6-4-5-7-17(15)30-3)19(27-21(25-12)23-11-24-27)13-8-9-16(29-2)14(22)10-13/h4-11,19H,1-3H3,(H,26,28)(H,23,24,25). The Balaban J connectivity index is 1.78. The second-order valence-electron chi connectivity index (χ2n) is 6.64. The van der Waals surface area contributed by atoms with Crippen molar-refractivity contribution in [1.82, 2.24) is 14.8 Å². The van der Waals surface area contributed by atoms with E-state index in [1.165, 1.54) is 6.33 Å². The Labute approximate surface area is 182 Å². The number of anilines is 2. The molecule has 0 saturated carbocycles. The van der Waals surface area contributed by atoms with Crippen LogP contribution >= 0.6 is 15.9 Å². The molecular formula is C21H20BrN5O3. The highest BCUT2D eigenvalue weighted by Crippen LogP contribution is 2.38. The molecule has 1 aromatic heterocycles. The van der Waals surface area contributed by atoms with Crippen LogP contribution in [0.1, 0.15) is 18.5 Å². The van der Waals surface area contributed by atoms with Gasteiger partial charge in [-0.25, -0.2) is 4.68 Å². The second kappa shape index (κ2) is 8.19. The van der Waals surface area contributed by atoms with E-state index < -0.39 is 6.04 Å². The molecule has 1 amide bonds. The number of aromatic nitrogens is 3. The molecule has 0 spiro atoms. The van der Waals surface area contributed by atoms with Crippen LogP contribution in [0.2, 0.25) is 0 Å². The highest BCUT2D eigenvalue weighted by atomic mass is 79.9. The third-order valence-electron chi connectivity index (χ3n) is 4.89. The Morgan fingerprint density at radius 1 is 1.17 bits per heavy atom. The molecule has 0 bridgehead atoms. The van der Waals surface area contributed by atoms with Crippen LogP contribution in [0.15, 0.2) is 64.5 Å². The number of halogens is 1. The van der Waals surface area contributed by atoms with Crippen molar-refractivity contribution in [2.75, 3.05) is 24.9 Å².